The van der Waals surface area contributed by atoms with Crippen LogP contribution in [0.1, 0.15) is 75.8 Å². The molecule has 7 N–H and O–H groups in total. The Bertz CT molecular complexity index is 1390. The lowest BCUT2D eigenvalue weighted by Gasteiger charge is -2.57. The zero-order chi connectivity index (χ0) is 35.5. The van der Waals surface area contributed by atoms with E-state index >= 15 is 0 Å². The van der Waals surface area contributed by atoms with Crippen LogP contribution in [0.5, 0.6) is 0 Å². The van der Waals surface area contributed by atoms with E-state index in [2.05, 4.69) is 27.8 Å². The number of nitrogens with one attached hydrogen (secondary N) is 3. The first-order chi connectivity index (χ1) is 24.3. The molecule has 1 aliphatic carbocycles. The standard InChI is InChI=1S/C39H57N7O4/c1-2-45-25-30-24-31(26-45)46(30)39(50)33(20-12-13-21-40)42-38(49)35(29-18-10-5-11-19-29)44-37(48)34(23-28-16-8-4-9-17-28)43-36(47)32(41)22-27-14-6-3-7-15-27/h3-4,6-9,14-17,29-35H,2,5,10-13,18-26,40-41H2,1H3,(H,42,49)(H,43,47)(H,44,48). The van der Waals surface area contributed by atoms with Crippen LogP contribution in [-0.4, -0.2) is 95.9 Å². The van der Waals surface area contributed by atoms with Crippen molar-refractivity contribution in [1.29, 1.82) is 0 Å². The molecule has 0 radical (unpaired) electrons. The number of rotatable bonds is 17. The molecule has 11 heteroatoms. The summed E-state index contributed by atoms with van der Waals surface area (Å²) in [7, 11) is 0. The molecule has 1 saturated carbocycles. The van der Waals surface area contributed by atoms with Crippen LogP contribution in [0.4, 0.5) is 0 Å². The summed E-state index contributed by atoms with van der Waals surface area (Å²) in [4.78, 5) is 60.2. The van der Waals surface area contributed by atoms with E-state index in [4.69, 9.17) is 11.5 Å². The summed E-state index contributed by atoms with van der Waals surface area (Å²) in [6, 6.07) is 16.0. The van der Waals surface area contributed by atoms with Crippen molar-refractivity contribution >= 4 is 23.6 Å². The van der Waals surface area contributed by atoms with Crippen LogP contribution in [0.3, 0.4) is 0 Å². The molecule has 3 saturated heterocycles. The van der Waals surface area contributed by atoms with Gasteiger partial charge in [-0.15, -0.1) is 0 Å². The predicted octanol–water partition coefficient (Wildman–Crippen LogP) is 2.27. The fourth-order valence-electron chi connectivity index (χ4n) is 7.92. The molecule has 50 heavy (non-hydrogen) atoms. The Morgan fingerprint density at radius 3 is 1.96 bits per heavy atom. The van der Waals surface area contributed by atoms with Crippen molar-refractivity contribution in [3.63, 3.8) is 0 Å². The average molecular weight is 688 g/mol. The highest BCUT2D eigenvalue weighted by Crippen LogP contribution is 2.33. The second-order valence-corrected chi connectivity index (χ2v) is 14.4. The Morgan fingerprint density at radius 2 is 1.36 bits per heavy atom. The van der Waals surface area contributed by atoms with E-state index < -0.39 is 36.0 Å². The van der Waals surface area contributed by atoms with E-state index in [1.54, 1.807) is 0 Å². The highest BCUT2D eigenvalue weighted by Gasteiger charge is 2.48. The Morgan fingerprint density at radius 1 is 0.760 bits per heavy atom. The maximum atomic E-state index is 14.3. The first-order valence-electron chi connectivity index (χ1n) is 18.8. The molecule has 272 valence electrons. The molecular weight excluding hydrogens is 630 g/mol. The monoisotopic (exact) mass is 687 g/mol. The SMILES string of the molecule is CCN1CC2CC(C1)N2C(=O)C(CCCCN)NC(=O)C(NC(=O)C(Cc1ccccc1)NC(=O)C(N)Cc1ccccc1)C1CCCCC1. The molecule has 4 aliphatic rings. The van der Waals surface area contributed by atoms with E-state index in [1.165, 1.54) is 0 Å². The van der Waals surface area contributed by atoms with Crippen LogP contribution in [0.2, 0.25) is 0 Å². The van der Waals surface area contributed by atoms with Gasteiger partial charge in [-0.05, 0) is 75.1 Å². The third-order valence-electron chi connectivity index (χ3n) is 10.8. The van der Waals surface area contributed by atoms with Gasteiger partial charge in [-0.25, -0.2) is 0 Å². The number of piperidine rings is 1. The zero-order valence-corrected chi connectivity index (χ0v) is 29.6. The lowest BCUT2D eigenvalue weighted by molar-refractivity contribution is -0.157. The van der Waals surface area contributed by atoms with Gasteiger partial charge in [-0.2, -0.15) is 0 Å². The summed E-state index contributed by atoms with van der Waals surface area (Å²) in [5.41, 5.74) is 13.9. The van der Waals surface area contributed by atoms with E-state index in [0.717, 1.165) is 75.7 Å². The molecule has 3 heterocycles. The number of fused-ring (bicyclic) bond motifs is 2. The molecule has 6 rings (SSSR count). The van der Waals surface area contributed by atoms with Crippen molar-refractivity contribution < 1.29 is 19.2 Å². The summed E-state index contributed by atoms with van der Waals surface area (Å²) in [5.74, 6) is -1.34. The minimum atomic E-state index is -0.949. The van der Waals surface area contributed by atoms with Crippen LogP contribution in [0.25, 0.3) is 0 Å². The average Bonchev–Trinajstić information content (AvgIpc) is 3.14. The fourth-order valence-corrected chi connectivity index (χ4v) is 7.92. The Labute approximate surface area is 297 Å². The maximum absolute atomic E-state index is 14.3. The topological polar surface area (TPSA) is 163 Å². The minimum absolute atomic E-state index is 0.0392. The summed E-state index contributed by atoms with van der Waals surface area (Å²) in [6.07, 6.45) is 8.13. The van der Waals surface area contributed by atoms with Gasteiger partial charge in [0.05, 0.1) is 6.04 Å². The van der Waals surface area contributed by atoms with E-state index in [-0.39, 0.29) is 36.2 Å². The lowest BCUT2D eigenvalue weighted by Crippen LogP contribution is -2.72. The van der Waals surface area contributed by atoms with Crippen LogP contribution >= 0.6 is 0 Å². The number of carbonyl (C=O) groups is 4. The number of nitrogens with two attached hydrogens (primary N) is 2. The number of unbranched alkanes of at least 4 members (excludes halogenated alkanes) is 1. The number of hydrogen-bond donors (Lipinski definition) is 5. The molecule has 6 unspecified atom stereocenters. The Hall–Kier alpha value is -3.80. The molecule has 2 aromatic carbocycles. The number of hydrogen-bond acceptors (Lipinski definition) is 7. The van der Waals surface area contributed by atoms with Crippen molar-refractivity contribution in [2.24, 2.45) is 17.4 Å². The quantitative estimate of drug-likeness (QED) is 0.159. The predicted molar refractivity (Wildman–Crippen MR) is 195 cm³/mol. The van der Waals surface area contributed by atoms with Crippen molar-refractivity contribution in [3.05, 3.63) is 71.8 Å². The lowest BCUT2D eigenvalue weighted by atomic mass is 9.83. The maximum Gasteiger partial charge on any atom is 0.245 e. The number of nitrogens with zero attached hydrogens (tertiary/aromatic N) is 2. The Kier molecular flexibility index (Phi) is 13.8. The minimum Gasteiger partial charge on any atom is -0.343 e. The number of amides is 4. The Balaban J connectivity index is 1.32. The first-order valence-corrected chi connectivity index (χ1v) is 18.8. The molecule has 0 spiro atoms. The van der Waals surface area contributed by atoms with Crippen LogP contribution < -0.4 is 27.4 Å². The molecule has 2 aromatic rings. The molecule has 0 aromatic heterocycles. The van der Waals surface area contributed by atoms with Gasteiger partial charge in [0, 0.05) is 31.6 Å². The highest BCUT2D eigenvalue weighted by molar-refractivity contribution is 5.95. The summed E-state index contributed by atoms with van der Waals surface area (Å²) >= 11 is 0. The molecule has 6 atom stereocenters. The summed E-state index contributed by atoms with van der Waals surface area (Å²) in [6.45, 7) is 5.32. The number of piperazine rings is 1. The van der Waals surface area contributed by atoms with Crippen molar-refractivity contribution in [3.8, 4) is 0 Å². The van der Waals surface area contributed by atoms with E-state index in [0.29, 0.717) is 25.8 Å². The van der Waals surface area contributed by atoms with Crippen LogP contribution in [-0.2, 0) is 32.0 Å². The molecule has 4 fully saturated rings. The van der Waals surface area contributed by atoms with Crippen molar-refractivity contribution in [2.75, 3.05) is 26.2 Å². The summed E-state index contributed by atoms with van der Waals surface area (Å²) < 4.78 is 0. The van der Waals surface area contributed by atoms with Gasteiger partial charge in [-0.3, -0.25) is 24.1 Å². The smallest absolute Gasteiger partial charge is 0.245 e. The molecule has 2 bridgehead atoms. The number of benzene rings is 2. The second-order valence-electron chi connectivity index (χ2n) is 14.4. The van der Waals surface area contributed by atoms with Gasteiger partial charge in [0.2, 0.25) is 23.6 Å². The molecule has 11 nitrogen and oxygen atoms in total. The van der Waals surface area contributed by atoms with Gasteiger partial charge < -0.3 is 32.3 Å². The van der Waals surface area contributed by atoms with E-state index in [1.807, 2.05) is 65.6 Å². The summed E-state index contributed by atoms with van der Waals surface area (Å²) in [5, 5.41) is 9.08. The van der Waals surface area contributed by atoms with Crippen LogP contribution in [0, 0.1) is 5.92 Å². The molecule has 3 aliphatic heterocycles. The fraction of sp³-hybridized carbons (Fsp3) is 0.590. The van der Waals surface area contributed by atoms with Gasteiger partial charge in [-0.1, -0.05) is 86.8 Å². The van der Waals surface area contributed by atoms with Gasteiger partial charge in [0.15, 0.2) is 0 Å². The van der Waals surface area contributed by atoms with Crippen LogP contribution in [0.15, 0.2) is 60.7 Å². The molecule has 4 amide bonds. The first kappa shape index (κ1) is 37.5. The molecular formula is C39H57N7O4. The normalized spacial score (nSPS) is 21.6. The van der Waals surface area contributed by atoms with Gasteiger partial charge in [0.25, 0.3) is 0 Å². The largest absolute Gasteiger partial charge is 0.343 e. The van der Waals surface area contributed by atoms with E-state index in [9.17, 15) is 19.2 Å². The highest BCUT2D eigenvalue weighted by atomic mass is 16.2. The number of carbonyl (C=O) groups excluding carboxylic acids is 4. The number of likely N-dealkylation sites (N-methyl/N-ethyl adjacent to an activating group) is 1. The van der Waals surface area contributed by atoms with Crippen molar-refractivity contribution in [1.82, 2.24) is 25.8 Å². The second kappa shape index (κ2) is 18.4. The zero-order valence-electron chi connectivity index (χ0n) is 29.6. The van der Waals surface area contributed by atoms with Gasteiger partial charge >= 0.3 is 0 Å². The van der Waals surface area contributed by atoms with Gasteiger partial charge in [0.1, 0.15) is 18.1 Å². The van der Waals surface area contributed by atoms with Crippen molar-refractivity contribution in [2.45, 2.75) is 114 Å². The third kappa shape index (κ3) is 9.92. The third-order valence-corrected chi connectivity index (χ3v) is 10.8.